The fourth-order valence-electron chi connectivity index (χ4n) is 1.83. The van der Waals surface area contributed by atoms with E-state index >= 15 is 0 Å². The molecule has 1 unspecified atom stereocenters. The molecule has 0 aliphatic carbocycles. The number of nitrogen functional groups attached to an aromatic ring is 1. The minimum Gasteiger partial charge on any atom is -0.497 e. The second-order valence-electron chi connectivity index (χ2n) is 4.35. The van der Waals surface area contributed by atoms with Crippen LogP contribution in [0.25, 0.3) is 0 Å². The zero-order chi connectivity index (χ0) is 14.7. The molecule has 20 heavy (non-hydrogen) atoms. The van der Waals surface area contributed by atoms with Crippen molar-refractivity contribution < 1.29 is 13.3 Å². The third kappa shape index (κ3) is 3.54. The fourth-order valence-corrected chi connectivity index (χ4v) is 2.92. The monoisotopic (exact) mass is 294 g/mol. The Bertz CT molecular complexity index is 641. The fraction of sp³-hybridized carbons (Fsp3) is 0.214. The highest BCUT2D eigenvalue weighted by Gasteiger charge is 2.10. The number of aromatic nitrogens is 1. The van der Waals surface area contributed by atoms with Gasteiger partial charge < -0.3 is 10.5 Å². The van der Waals surface area contributed by atoms with Crippen molar-refractivity contribution in [1.29, 1.82) is 0 Å². The molecule has 1 aromatic heterocycles. The average Bonchev–Trinajstić information content (AvgIpc) is 2.36. The summed E-state index contributed by atoms with van der Waals surface area (Å²) in [7, 11) is 0.147. The van der Waals surface area contributed by atoms with Gasteiger partial charge in [-0.1, -0.05) is 0 Å². The van der Waals surface area contributed by atoms with Gasteiger partial charge in [-0.3, -0.25) is 9.19 Å². The van der Waals surface area contributed by atoms with E-state index in [4.69, 9.17) is 10.5 Å². The highest BCUT2D eigenvalue weighted by Crippen LogP contribution is 2.19. The van der Waals surface area contributed by atoms with Crippen molar-refractivity contribution in [1.82, 2.24) is 4.98 Å². The SMILES string of the molecule is COc1cc(C)nc(CS(=O)c2cc(N)cc(F)c2)c1. The van der Waals surface area contributed by atoms with Gasteiger partial charge in [0.05, 0.1) is 29.4 Å². The first kappa shape index (κ1) is 14.5. The maximum Gasteiger partial charge on any atom is 0.126 e. The number of methoxy groups -OCH3 is 1. The Balaban J connectivity index is 2.25. The van der Waals surface area contributed by atoms with E-state index in [9.17, 15) is 8.60 Å². The van der Waals surface area contributed by atoms with Crippen molar-refractivity contribution >= 4 is 16.5 Å². The Labute approximate surface area is 119 Å². The molecule has 0 aliphatic rings. The Morgan fingerprint density at radius 3 is 2.70 bits per heavy atom. The van der Waals surface area contributed by atoms with Crippen molar-refractivity contribution in [3.63, 3.8) is 0 Å². The van der Waals surface area contributed by atoms with Gasteiger partial charge in [-0.15, -0.1) is 0 Å². The van der Waals surface area contributed by atoms with Crippen molar-refractivity contribution in [2.45, 2.75) is 17.6 Å². The van der Waals surface area contributed by atoms with Crippen LogP contribution in [0.4, 0.5) is 10.1 Å². The van der Waals surface area contributed by atoms with Crippen LogP contribution in [0.3, 0.4) is 0 Å². The Kier molecular flexibility index (Phi) is 4.34. The number of ether oxygens (including phenoxy) is 1. The molecule has 2 N–H and O–H groups in total. The van der Waals surface area contributed by atoms with E-state index in [0.717, 1.165) is 5.69 Å². The van der Waals surface area contributed by atoms with Crippen LogP contribution in [0.2, 0.25) is 0 Å². The lowest BCUT2D eigenvalue weighted by atomic mass is 10.3. The number of nitrogens with zero attached hydrogens (tertiary/aromatic N) is 1. The molecule has 1 aromatic carbocycles. The number of pyridine rings is 1. The molecular formula is C14H15FN2O2S. The topological polar surface area (TPSA) is 65.2 Å². The zero-order valence-corrected chi connectivity index (χ0v) is 12.0. The summed E-state index contributed by atoms with van der Waals surface area (Å²) in [5.41, 5.74) is 7.20. The first-order chi connectivity index (χ1) is 9.47. The maximum atomic E-state index is 13.3. The molecule has 0 amide bonds. The summed E-state index contributed by atoms with van der Waals surface area (Å²) < 4.78 is 30.6. The van der Waals surface area contributed by atoms with Gasteiger partial charge in [-0.2, -0.15) is 0 Å². The van der Waals surface area contributed by atoms with Crippen LogP contribution in [-0.4, -0.2) is 16.3 Å². The molecule has 4 nitrogen and oxygen atoms in total. The highest BCUT2D eigenvalue weighted by atomic mass is 32.2. The van der Waals surface area contributed by atoms with Crippen LogP contribution in [-0.2, 0) is 16.6 Å². The van der Waals surface area contributed by atoms with Crippen LogP contribution in [0.1, 0.15) is 11.4 Å². The third-order valence-corrected chi connectivity index (χ3v) is 3.97. The molecule has 2 aromatic rings. The Morgan fingerprint density at radius 2 is 2.05 bits per heavy atom. The van der Waals surface area contributed by atoms with E-state index in [1.807, 2.05) is 6.92 Å². The normalized spacial score (nSPS) is 12.2. The molecule has 0 saturated heterocycles. The molecule has 2 rings (SSSR count). The number of rotatable bonds is 4. The molecule has 106 valence electrons. The molecule has 0 spiro atoms. The predicted octanol–water partition coefficient (Wildman–Crippen LogP) is 2.43. The third-order valence-electron chi connectivity index (χ3n) is 2.65. The summed E-state index contributed by atoms with van der Waals surface area (Å²) >= 11 is 0. The molecule has 6 heteroatoms. The highest BCUT2D eigenvalue weighted by molar-refractivity contribution is 7.84. The van der Waals surface area contributed by atoms with E-state index in [1.165, 1.54) is 18.2 Å². The van der Waals surface area contributed by atoms with Gasteiger partial charge in [0.25, 0.3) is 0 Å². The first-order valence-corrected chi connectivity index (χ1v) is 7.26. The van der Waals surface area contributed by atoms with Crippen molar-refractivity contribution in [3.8, 4) is 5.75 Å². The van der Waals surface area contributed by atoms with Gasteiger partial charge in [0.1, 0.15) is 11.6 Å². The van der Waals surface area contributed by atoms with E-state index in [0.29, 0.717) is 16.3 Å². The smallest absolute Gasteiger partial charge is 0.126 e. The number of halogens is 1. The van der Waals surface area contributed by atoms with E-state index in [1.54, 1.807) is 19.2 Å². The van der Waals surface area contributed by atoms with Gasteiger partial charge in [-0.05, 0) is 25.1 Å². The van der Waals surface area contributed by atoms with Gasteiger partial charge in [-0.25, -0.2) is 4.39 Å². The largest absolute Gasteiger partial charge is 0.497 e. The van der Waals surface area contributed by atoms with Crippen LogP contribution >= 0.6 is 0 Å². The van der Waals surface area contributed by atoms with Gasteiger partial charge in [0, 0.05) is 28.4 Å². The molecule has 0 radical (unpaired) electrons. The molecular weight excluding hydrogens is 279 g/mol. The van der Waals surface area contributed by atoms with Crippen molar-refractivity contribution in [3.05, 3.63) is 47.5 Å². The van der Waals surface area contributed by atoms with Gasteiger partial charge in [0.15, 0.2) is 0 Å². The number of hydrogen-bond donors (Lipinski definition) is 1. The molecule has 0 aliphatic heterocycles. The van der Waals surface area contributed by atoms with Gasteiger partial charge in [0.2, 0.25) is 0 Å². The Morgan fingerprint density at radius 1 is 1.30 bits per heavy atom. The standard InChI is InChI=1S/C14H15FN2O2S/c1-9-3-13(19-2)7-12(17-9)8-20(18)14-5-10(15)4-11(16)6-14/h3-7H,8,16H2,1-2H3. The molecule has 0 fully saturated rings. The summed E-state index contributed by atoms with van der Waals surface area (Å²) in [6, 6.07) is 7.42. The lowest BCUT2D eigenvalue weighted by Crippen LogP contribution is -2.02. The summed E-state index contributed by atoms with van der Waals surface area (Å²) in [6.45, 7) is 1.83. The van der Waals surface area contributed by atoms with E-state index < -0.39 is 16.6 Å². The number of anilines is 1. The minimum absolute atomic E-state index is 0.181. The van der Waals surface area contributed by atoms with Crippen molar-refractivity contribution in [2.75, 3.05) is 12.8 Å². The number of nitrogens with two attached hydrogens (primary N) is 1. The zero-order valence-electron chi connectivity index (χ0n) is 11.2. The molecule has 0 saturated carbocycles. The second-order valence-corrected chi connectivity index (χ2v) is 5.80. The summed E-state index contributed by atoms with van der Waals surface area (Å²) in [6.07, 6.45) is 0. The lowest BCUT2D eigenvalue weighted by Gasteiger charge is -2.07. The molecule has 1 atom stereocenters. The average molecular weight is 294 g/mol. The number of aryl methyl sites for hydroxylation is 1. The molecule has 1 heterocycles. The lowest BCUT2D eigenvalue weighted by molar-refractivity contribution is 0.413. The quantitative estimate of drug-likeness (QED) is 0.880. The van der Waals surface area contributed by atoms with Crippen molar-refractivity contribution in [2.24, 2.45) is 0 Å². The maximum absolute atomic E-state index is 13.3. The summed E-state index contributed by atoms with van der Waals surface area (Å²) in [5.74, 6) is 0.340. The van der Waals surface area contributed by atoms with Gasteiger partial charge >= 0.3 is 0 Å². The predicted molar refractivity (Wildman–Crippen MR) is 76.5 cm³/mol. The van der Waals surface area contributed by atoms with Crippen LogP contribution in [0.5, 0.6) is 5.75 Å². The van der Waals surface area contributed by atoms with Crippen LogP contribution < -0.4 is 10.5 Å². The van der Waals surface area contributed by atoms with E-state index in [2.05, 4.69) is 4.98 Å². The number of benzene rings is 1. The Hall–Kier alpha value is -1.95. The first-order valence-electron chi connectivity index (χ1n) is 5.94. The number of hydrogen-bond acceptors (Lipinski definition) is 4. The summed E-state index contributed by atoms with van der Waals surface area (Å²) in [4.78, 5) is 4.65. The van der Waals surface area contributed by atoms with Crippen LogP contribution in [0, 0.1) is 12.7 Å². The van der Waals surface area contributed by atoms with Crippen LogP contribution in [0.15, 0.2) is 35.2 Å². The summed E-state index contributed by atoms with van der Waals surface area (Å²) in [5, 5.41) is 0. The minimum atomic E-state index is -1.41. The second kappa shape index (κ2) is 6.00. The molecule has 0 bridgehead atoms. The van der Waals surface area contributed by atoms with E-state index in [-0.39, 0.29) is 11.4 Å².